The van der Waals surface area contributed by atoms with E-state index in [2.05, 4.69) is 5.32 Å². The summed E-state index contributed by atoms with van der Waals surface area (Å²) < 4.78 is 35.8. The predicted molar refractivity (Wildman–Crippen MR) is 104 cm³/mol. The third-order valence-electron chi connectivity index (χ3n) is 4.02. The highest BCUT2D eigenvalue weighted by atomic mass is 32.2. The van der Waals surface area contributed by atoms with E-state index in [1.807, 2.05) is 24.3 Å². The molecule has 152 valence electrons. The van der Waals surface area contributed by atoms with E-state index in [9.17, 15) is 13.2 Å². The van der Waals surface area contributed by atoms with E-state index in [4.69, 9.17) is 14.3 Å². The molecule has 9 heteroatoms. The van der Waals surface area contributed by atoms with Crippen LogP contribution in [0.2, 0.25) is 0 Å². The van der Waals surface area contributed by atoms with Gasteiger partial charge in [-0.2, -0.15) is 0 Å². The molecule has 1 atom stereocenters. The Labute approximate surface area is 165 Å². The van der Waals surface area contributed by atoms with Gasteiger partial charge in [0.15, 0.2) is 0 Å². The number of nitrogens with one attached hydrogen (secondary N) is 1. The predicted octanol–water partition coefficient (Wildman–Crippen LogP) is 2.42. The van der Waals surface area contributed by atoms with Crippen molar-refractivity contribution in [2.45, 2.75) is 24.5 Å². The van der Waals surface area contributed by atoms with Crippen molar-refractivity contribution in [3.63, 3.8) is 0 Å². The van der Waals surface area contributed by atoms with Crippen molar-refractivity contribution in [3.05, 3.63) is 54.1 Å². The molecule has 1 unspecified atom stereocenters. The van der Waals surface area contributed by atoms with Crippen LogP contribution < -0.4 is 10.1 Å². The molecule has 0 radical (unpaired) electrons. The van der Waals surface area contributed by atoms with Crippen molar-refractivity contribution in [2.75, 3.05) is 26.6 Å². The minimum atomic E-state index is -3.73. The SMILES string of the molecule is COc1cccc(COC(C)C(=O)Nc2ccc(S(=O)(=O)N(C)OC)cc2)c1. The molecule has 2 aromatic rings. The fourth-order valence-electron chi connectivity index (χ4n) is 2.26. The highest BCUT2D eigenvalue weighted by Crippen LogP contribution is 2.18. The summed E-state index contributed by atoms with van der Waals surface area (Å²) in [5.74, 6) is 0.375. The first-order valence-corrected chi connectivity index (χ1v) is 9.90. The molecule has 2 rings (SSSR count). The van der Waals surface area contributed by atoms with Gasteiger partial charge in [-0.1, -0.05) is 16.6 Å². The van der Waals surface area contributed by atoms with Crippen LogP contribution in [0.4, 0.5) is 5.69 Å². The monoisotopic (exact) mass is 408 g/mol. The van der Waals surface area contributed by atoms with Gasteiger partial charge >= 0.3 is 0 Å². The van der Waals surface area contributed by atoms with Crippen molar-refractivity contribution >= 4 is 21.6 Å². The number of carbonyl (C=O) groups excluding carboxylic acids is 1. The summed E-state index contributed by atoms with van der Waals surface area (Å²) in [5.41, 5.74) is 1.34. The molecule has 0 aromatic heterocycles. The first-order valence-electron chi connectivity index (χ1n) is 8.46. The number of anilines is 1. The number of carbonyl (C=O) groups is 1. The van der Waals surface area contributed by atoms with E-state index >= 15 is 0 Å². The number of ether oxygens (including phenoxy) is 2. The molecule has 0 heterocycles. The van der Waals surface area contributed by atoms with E-state index in [1.54, 1.807) is 14.0 Å². The number of methoxy groups -OCH3 is 1. The van der Waals surface area contributed by atoms with Crippen molar-refractivity contribution in [3.8, 4) is 5.75 Å². The first-order chi connectivity index (χ1) is 13.3. The second-order valence-corrected chi connectivity index (χ2v) is 7.85. The molecule has 0 saturated carbocycles. The van der Waals surface area contributed by atoms with Crippen molar-refractivity contribution in [1.29, 1.82) is 0 Å². The van der Waals surface area contributed by atoms with Gasteiger partial charge in [-0.25, -0.2) is 8.42 Å². The molecular formula is C19H24N2O6S. The minimum Gasteiger partial charge on any atom is -0.497 e. The second-order valence-electron chi connectivity index (χ2n) is 5.92. The summed E-state index contributed by atoms with van der Waals surface area (Å²) in [7, 11) is 0.412. The van der Waals surface area contributed by atoms with Gasteiger partial charge in [0, 0.05) is 12.7 Å². The summed E-state index contributed by atoms with van der Waals surface area (Å²) >= 11 is 0. The molecule has 1 amide bonds. The van der Waals surface area contributed by atoms with Crippen LogP contribution in [0.15, 0.2) is 53.4 Å². The van der Waals surface area contributed by atoms with Crippen molar-refractivity contribution in [2.24, 2.45) is 0 Å². The molecule has 1 N–H and O–H groups in total. The maximum atomic E-state index is 12.3. The Hall–Kier alpha value is -2.46. The highest BCUT2D eigenvalue weighted by molar-refractivity contribution is 7.89. The van der Waals surface area contributed by atoms with E-state index in [1.165, 1.54) is 38.4 Å². The average Bonchev–Trinajstić information content (AvgIpc) is 2.71. The molecule has 0 aliphatic heterocycles. The van der Waals surface area contributed by atoms with Crippen LogP contribution in [0.3, 0.4) is 0 Å². The maximum Gasteiger partial charge on any atom is 0.264 e. The van der Waals surface area contributed by atoms with Gasteiger partial charge < -0.3 is 14.8 Å². The van der Waals surface area contributed by atoms with Crippen LogP contribution in [0.25, 0.3) is 0 Å². The molecule has 8 nitrogen and oxygen atoms in total. The number of rotatable bonds is 9. The minimum absolute atomic E-state index is 0.0529. The fourth-order valence-corrected chi connectivity index (χ4v) is 3.23. The quantitative estimate of drug-likeness (QED) is 0.641. The lowest BCUT2D eigenvalue weighted by atomic mass is 10.2. The summed E-state index contributed by atoms with van der Waals surface area (Å²) in [5, 5.41) is 2.69. The summed E-state index contributed by atoms with van der Waals surface area (Å²) in [4.78, 5) is 17.1. The van der Waals surface area contributed by atoms with Crippen LogP contribution in [-0.4, -0.2) is 46.2 Å². The number of hydroxylamine groups is 1. The topological polar surface area (TPSA) is 94.2 Å². The van der Waals surface area contributed by atoms with Crippen LogP contribution in [0.1, 0.15) is 12.5 Å². The Morgan fingerprint density at radius 1 is 1.14 bits per heavy atom. The first kappa shape index (κ1) is 21.8. The van der Waals surface area contributed by atoms with Crippen LogP contribution in [0.5, 0.6) is 5.75 Å². The molecule has 0 saturated heterocycles. The molecule has 0 fully saturated rings. The number of hydrogen-bond donors (Lipinski definition) is 1. The third kappa shape index (κ3) is 5.52. The zero-order valence-electron chi connectivity index (χ0n) is 16.2. The van der Waals surface area contributed by atoms with Gasteiger partial charge in [0.05, 0.1) is 25.7 Å². The zero-order valence-corrected chi connectivity index (χ0v) is 17.0. The Morgan fingerprint density at radius 2 is 1.82 bits per heavy atom. The van der Waals surface area contributed by atoms with Crippen molar-refractivity contribution < 1.29 is 27.5 Å². The molecule has 0 aliphatic carbocycles. The number of sulfonamides is 1. The lowest BCUT2D eigenvalue weighted by Gasteiger charge is -2.15. The van der Waals surface area contributed by atoms with Gasteiger partial charge in [0.2, 0.25) is 0 Å². The smallest absolute Gasteiger partial charge is 0.264 e. The van der Waals surface area contributed by atoms with Gasteiger partial charge in [0.25, 0.3) is 15.9 Å². The maximum absolute atomic E-state index is 12.3. The largest absolute Gasteiger partial charge is 0.497 e. The van der Waals surface area contributed by atoms with E-state index in [0.717, 1.165) is 10.0 Å². The van der Waals surface area contributed by atoms with Crippen LogP contribution >= 0.6 is 0 Å². The molecule has 0 aliphatic rings. The molecule has 0 bridgehead atoms. The Balaban J connectivity index is 1.94. The number of amides is 1. The Kier molecular flexibility index (Phi) is 7.53. The lowest BCUT2D eigenvalue weighted by Crippen LogP contribution is -2.28. The molecule has 28 heavy (non-hydrogen) atoms. The molecule has 2 aromatic carbocycles. The van der Waals surface area contributed by atoms with Gasteiger partial charge in [-0.3, -0.25) is 9.63 Å². The van der Waals surface area contributed by atoms with E-state index < -0.39 is 16.1 Å². The van der Waals surface area contributed by atoms with E-state index in [0.29, 0.717) is 11.4 Å². The fraction of sp³-hybridized carbons (Fsp3) is 0.316. The Bertz CT molecular complexity index is 899. The molecule has 0 spiro atoms. The van der Waals surface area contributed by atoms with Crippen LogP contribution in [-0.2, 0) is 31.0 Å². The molecular weight excluding hydrogens is 384 g/mol. The standard InChI is InChI=1S/C19H24N2O6S/c1-14(27-13-15-6-5-7-17(12-15)25-3)19(22)20-16-8-10-18(11-9-16)28(23,24)21(2)26-4/h5-12,14H,13H2,1-4H3,(H,20,22). The van der Waals surface area contributed by atoms with Crippen molar-refractivity contribution in [1.82, 2.24) is 4.47 Å². The normalized spacial score (nSPS) is 12.6. The summed E-state index contributed by atoms with van der Waals surface area (Å²) in [6.45, 7) is 1.90. The highest BCUT2D eigenvalue weighted by Gasteiger charge is 2.21. The second kappa shape index (κ2) is 9.65. The van der Waals surface area contributed by atoms with E-state index in [-0.39, 0.29) is 17.4 Å². The van der Waals surface area contributed by atoms with Gasteiger partial charge in [0.1, 0.15) is 11.9 Å². The number of nitrogens with zero attached hydrogens (tertiary/aromatic N) is 1. The summed E-state index contributed by atoms with van der Waals surface area (Å²) in [6, 6.07) is 13.2. The zero-order chi connectivity index (χ0) is 20.7. The third-order valence-corrected chi connectivity index (χ3v) is 5.71. The van der Waals surface area contributed by atoms with Gasteiger partial charge in [-0.05, 0) is 48.9 Å². The summed E-state index contributed by atoms with van der Waals surface area (Å²) in [6.07, 6.45) is -0.700. The van der Waals surface area contributed by atoms with Crippen LogP contribution in [0, 0.1) is 0 Å². The Morgan fingerprint density at radius 3 is 2.43 bits per heavy atom. The number of hydrogen-bond acceptors (Lipinski definition) is 6. The van der Waals surface area contributed by atoms with Gasteiger partial charge in [-0.15, -0.1) is 0 Å². The lowest BCUT2D eigenvalue weighted by molar-refractivity contribution is -0.127. The number of benzene rings is 2. The average molecular weight is 408 g/mol.